The molecule has 1 unspecified atom stereocenters. The molecule has 1 saturated heterocycles. The van der Waals surface area contributed by atoms with Gasteiger partial charge in [-0.2, -0.15) is 0 Å². The summed E-state index contributed by atoms with van der Waals surface area (Å²) in [4.78, 5) is 9.72. The lowest BCUT2D eigenvalue weighted by atomic mass is 9.96. The van der Waals surface area contributed by atoms with Crippen molar-refractivity contribution < 1.29 is 22.6 Å². The first kappa shape index (κ1) is 20.6. The molecule has 2 aromatic heterocycles. The number of ether oxygens (including phenoxy) is 2. The number of nitrogens with zero attached hydrogens (tertiary/aromatic N) is 2. The van der Waals surface area contributed by atoms with E-state index in [0.29, 0.717) is 57.4 Å². The van der Waals surface area contributed by atoms with Crippen LogP contribution in [-0.2, 0) is 9.47 Å². The topological polar surface area (TPSA) is 44.2 Å². The summed E-state index contributed by atoms with van der Waals surface area (Å²) in [6, 6.07) is 8.40. The summed E-state index contributed by atoms with van der Waals surface area (Å²) in [5.41, 5.74) is 2.85. The fraction of sp³-hybridized carbons (Fsp3) is 0.391. The van der Waals surface area contributed by atoms with Gasteiger partial charge in [-0.15, -0.1) is 0 Å². The van der Waals surface area contributed by atoms with E-state index in [1.165, 1.54) is 17.4 Å². The van der Waals surface area contributed by atoms with Crippen molar-refractivity contribution in [2.45, 2.75) is 37.9 Å². The van der Waals surface area contributed by atoms with Crippen LogP contribution in [0.1, 0.15) is 43.2 Å². The van der Waals surface area contributed by atoms with E-state index in [-0.39, 0.29) is 18.8 Å². The fourth-order valence-electron chi connectivity index (χ4n) is 4.10. The standard InChI is InChI=1S/C23H21F3N2O2S/c1-13(15-7-8-23(25,26)12-15)18-5-6-19-21(27-18)31-20(28-19)16-4-3-14(11-17(16)24)22-29-9-2-10-30-22/h3-6,11,15,22H,1-2,7-10,12H2. The van der Waals surface area contributed by atoms with Crippen molar-refractivity contribution in [1.29, 1.82) is 0 Å². The molecular weight excluding hydrogens is 425 g/mol. The van der Waals surface area contributed by atoms with Gasteiger partial charge in [0.05, 0.1) is 18.9 Å². The van der Waals surface area contributed by atoms with E-state index in [9.17, 15) is 13.2 Å². The highest BCUT2D eigenvalue weighted by Gasteiger charge is 2.40. The third-order valence-electron chi connectivity index (χ3n) is 5.80. The molecule has 1 saturated carbocycles. The Bertz CT molecular complexity index is 1140. The van der Waals surface area contributed by atoms with E-state index in [2.05, 4.69) is 16.5 Å². The minimum Gasteiger partial charge on any atom is -0.348 e. The highest BCUT2D eigenvalue weighted by atomic mass is 32.1. The first-order valence-corrected chi connectivity index (χ1v) is 11.1. The molecule has 8 heteroatoms. The van der Waals surface area contributed by atoms with Gasteiger partial charge in [-0.3, -0.25) is 0 Å². The Labute approximate surface area is 181 Å². The lowest BCUT2D eigenvalue weighted by molar-refractivity contribution is -0.183. The molecular formula is C23H21F3N2O2S. The zero-order chi connectivity index (χ0) is 21.6. The third kappa shape index (κ3) is 4.12. The lowest BCUT2D eigenvalue weighted by Crippen LogP contribution is -2.17. The Morgan fingerprint density at radius 1 is 1.13 bits per heavy atom. The maximum Gasteiger partial charge on any atom is 0.248 e. The van der Waals surface area contributed by atoms with Crippen molar-refractivity contribution in [1.82, 2.24) is 9.97 Å². The molecule has 162 valence electrons. The van der Waals surface area contributed by atoms with Gasteiger partial charge in [-0.05, 0) is 48.6 Å². The first-order chi connectivity index (χ1) is 14.9. The van der Waals surface area contributed by atoms with Crippen LogP contribution in [0.2, 0.25) is 0 Å². The number of hydrogen-bond acceptors (Lipinski definition) is 5. The van der Waals surface area contributed by atoms with Crippen LogP contribution in [-0.4, -0.2) is 29.1 Å². The summed E-state index contributed by atoms with van der Waals surface area (Å²) in [5, 5.41) is 0.507. The van der Waals surface area contributed by atoms with E-state index in [1.807, 2.05) is 0 Å². The number of allylic oxidation sites excluding steroid dienone is 1. The maximum atomic E-state index is 14.9. The van der Waals surface area contributed by atoms with Crippen molar-refractivity contribution in [2.75, 3.05) is 13.2 Å². The third-order valence-corrected chi connectivity index (χ3v) is 6.80. The molecule has 1 aromatic carbocycles. The van der Waals surface area contributed by atoms with Crippen molar-refractivity contribution in [3.63, 3.8) is 0 Å². The van der Waals surface area contributed by atoms with Crippen LogP contribution in [0, 0.1) is 11.7 Å². The molecule has 2 fully saturated rings. The first-order valence-electron chi connectivity index (χ1n) is 10.3. The molecule has 0 bridgehead atoms. The number of pyridine rings is 1. The largest absolute Gasteiger partial charge is 0.348 e. The minimum absolute atomic E-state index is 0.115. The summed E-state index contributed by atoms with van der Waals surface area (Å²) in [5.74, 6) is -3.32. The van der Waals surface area contributed by atoms with E-state index >= 15 is 0 Å². The van der Waals surface area contributed by atoms with Crippen LogP contribution in [0.3, 0.4) is 0 Å². The molecule has 4 nitrogen and oxygen atoms in total. The molecule has 5 rings (SSSR count). The second-order valence-corrected chi connectivity index (χ2v) is 9.00. The average molecular weight is 446 g/mol. The number of rotatable bonds is 4. The zero-order valence-corrected chi connectivity index (χ0v) is 17.6. The number of halogens is 3. The van der Waals surface area contributed by atoms with Gasteiger partial charge in [-0.1, -0.05) is 24.0 Å². The van der Waals surface area contributed by atoms with Crippen LogP contribution < -0.4 is 0 Å². The molecule has 1 atom stereocenters. The summed E-state index contributed by atoms with van der Waals surface area (Å²) in [6.07, 6.45) is 0.381. The predicted molar refractivity (Wildman–Crippen MR) is 113 cm³/mol. The molecule has 0 spiro atoms. The van der Waals surface area contributed by atoms with Crippen LogP contribution in [0.5, 0.6) is 0 Å². The molecule has 3 aromatic rings. The summed E-state index contributed by atoms with van der Waals surface area (Å²) in [6.45, 7) is 5.19. The molecule has 0 N–H and O–H groups in total. The van der Waals surface area contributed by atoms with Crippen molar-refractivity contribution >= 4 is 27.3 Å². The molecule has 1 aliphatic heterocycles. The highest BCUT2D eigenvalue weighted by Crippen LogP contribution is 2.44. The van der Waals surface area contributed by atoms with E-state index in [0.717, 1.165) is 6.42 Å². The number of aromatic nitrogens is 2. The number of hydrogen-bond donors (Lipinski definition) is 0. The van der Waals surface area contributed by atoms with Crippen LogP contribution in [0.25, 0.3) is 26.5 Å². The summed E-state index contributed by atoms with van der Waals surface area (Å²) in [7, 11) is 0. The van der Waals surface area contributed by atoms with Gasteiger partial charge in [0.25, 0.3) is 0 Å². The van der Waals surface area contributed by atoms with E-state index in [4.69, 9.17) is 9.47 Å². The van der Waals surface area contributed by atoms with Crippen molar-refractivity contribution in [3.05, 3.63) is 54.0 Å². The van der Waals surface area contributed by atoms with Gasteiger partial charge in [-0.25, -0.2) is 23.1 Å². The monoisotopic (exact) mass is 446 g/mol. The molecule has 3 heterocycles. The highest BCUT2D eigenvalue weighted by molar-refractivity contribution is 7.21. The minimum atomic E-state index is -2.63. The van der Waals surface area contributed by atoms with E-state index < -0.39 is 18.0 Å². The zero-order valence-electron chi connectivity index (χ0n) is 16.7. The fourth-order valence-corrected chi connectivity index (χ4v) is 5.06. The van der Waals surface area contributed by atoms with Gasteiger partial charge in [0.2, 0.25) is 5.92 Å². The second-order valence-electron chi connectivity index (χ2n) is 8.03. The lowest BCUT2D eigenvalue weighted by Gasteiger charge is -2.23. The molecule has 0 amide bonds. The average Bonchev–Trinajstić information content (AvgIpc) is 3.35. The van der Waals surface area contributed by atoms with Crippen LogP contribution in [0.4, 0.5) is 13.2 Å². The van der Waals surface area contributed by atoms with Gasteiger partial charge >= 0.3 is 0 Å². The quantitative estimate of drug-likeness (QED) is 0.466. The molecule has 31 heavy (non-hydrogen) atoms. The Morgan fingerprint density at radius 2 is 1.94 bits per heavy atom. The second kappa shape index (κ2) is 8.00. The van der Waals surface area contributed by atoms with E-state index in [1.54, 1.807) is 24.3 Å². The number of alkyl halides is 2. The Hall–Kier alpha value is -2.29. The summed E-state index contributed by atoms with van der Waals surface area (Å²) < 4.78 is 53.1. The van der Waals surface area contributed by atoms with Crippen LogP contribution >= 0.6 is 11.3 Å². The predicted octanol–water partition coefficient (Wildman–Crippen LogP) is 6.38. The smallest absolute Gasteiger partial charge is 0.248 e. The van der Waals surface area contributed by atoms with Crippen molar-refractivity contribution in [2.24, 2.45) is 5.92 Å². The normalized spacial score (nSPS) is 21.6. The Balaban J connectivity index is 1.40. The molecule has 0 radical (unpaired) electrons. The SMILES string of the molecule is C=C(c1ccc2nc(-c3ccc(C4OCCCO4)cc3F)sc2n1)C1CCC(F)(F)C1. The number of benzene rings is 1. The van der Waals surface area contributed by atoms with Gasteiger partial charge in [0, 0.05) is 24.0 Å². The van der Waals surface area contributed by atoms with Gasteiger partial charge in [0.15, 0.2) is 6.29 Å². The van der Waals surface area contributed by atoms with Gasteiger partial charge in [0.1, 0.15) is 21.2 Å². The van der Waals surface area contributed by atoms with Crippen molar-refractivity contribution in [3.8, 4) is 10.6 Å². The van der Waals surface area contributed by atoms with Crippen LogP contribution in [0.15, 0.2) is 36.9 Å². The number of thiazole rings is 1. The summed E-state index contributed by atoms with van der Waals surface area (Å²) >= 11 is 1.27. The molecule has 1 aliphatic carbocycles. The number of fused-ring (bicyclic) bond motifs is 1. The molecule has 2 aliphatic rings. The Morgan fingerprint density at radius 3 is 2.65 bits per heavy atom. The maximum absolute atomic E-state index is 14.9. The Kier molecular flexibility index (Phi) is 5.32. The van der Waals surface area contributed by atoms with Gasteiger partial charge < -0.3 is 9.47 Å².